The molecule has 0 N–H and O–H groups in total. The maximum atomic E-state index is 5.44. The van der Waals surface area contributed by atoms with E-state index in [9.17, 15) is 0 Å². The first-order chi connectivity index (χ1) is 14.3. The smallest absolute Gasteiger partial charge is 0.176 e. The summed E-state index contributed by atoms with van der Waals surface area (Å²) in [5.74, 6) is 0. The van der Waals surface area contributed by atoms with E-state index in [0.29, 0.717) is 39.6 Å². The number of hydrogen-bond donors (Lipinski definition) is 0. The number of rotatable bonds is 22. The van der Waals surface area contributed by atoms with Gasteiger partial charge in [-0.05, 0) is 65.5 Å². The zero-order valence-corrected chi connectivity index (χ0v) is 18.8. The van der Waals surface area contributed by atoms with Crippen LogP contribution in [-0.4, -0.2) is 65.8 Å². The Morgan fingerprint density at radius 3 is 1.28 bits per heavy atom. The molecule has 29 heavy (non-hydrogen) atoms. The molecule has 7 nitrogen and oxygen atoms in total. The Balaban J connectivity index is 3.43. The van der Waals surface area contributed by atoms with E-state index in [1.54, 1.807) is 0 Å². The fraction of sp³-hybridized carbons (Fsp3) is 0.818. The van der Waals surface area contributed by atoms with Crippen molar-refractivity contribution >= 4 is 0 Å². The minimum absolute atomic E-state index is 0.245. The van der Waals surface area contributed by atoms with Crippen LogP contribution < -0.4 is 0 Å². The van der Waals surface area contributed by atoms with Crippen LogP contribution in [0.3, 0.4) is 0 Å². The molecule has 0 radical (unpaired) electrons. The van der Waals surface area contributed by atoms with E-state index in [2.05, 4.69) is 12.2 Å². The summed E-state index contributed by atoms with van der Waals surface area (Å²) in [6.07, 6.45) is 11.2. The summed E-state index contributed by atoms with van der Waals surface area (Å²) in [5.41, 5.74) is 0. The third-order valence-corrected chi connectivity index (χ3v) is 3.56. The van der Waals surface area contributed by atoms with Crippen LogP contribution in [0.4, 0.5) is 0 Å². The van der Waals surface area contributed by atoms with Gasteiger partial charge in [0.1, 0.15) is 13.6 Å². The molecule has 0 rings (SSSR count). The number of allylic oxidation sites excluding steroid dienone is 2. The van der Waals surface area contributed by atoms with Crippen LogP contribution in [0.1, 0.15) is 53.4 Å². The van der Waals surface area contributed by atoms with Crippen molar-refractivity contribution in [1.82, 2.24) is 0 Å². The van der Waals surface area contributed by atoms with E-state index in [4.69, 9.17) is 33.2 Å². The van der Waals surface area contributed by atoms with Gasteiger partial charge in [-0.3, -0.25) is 0 Å². The molecule has 0 aromatic heterocycles. The van der Waals surface area contributed by atoms with Crippen LogP contribution in [-0.2, 0) is 33.2 Å². The molecule has 0 saturated heterocycles. The SMILES string of the molecule is CCOC(C=CCCCOCOCOCCCC=CC(OCC)OCC)OCC. The minimum atomic E-state index is -0.252. The highest BCUT2D eigenvalue weighted by molar-refractivity contribution is 4.85. The minimum Gasteiger partial charge on any atom is -0.355 e. The fourth-order valence-corrected chi connectivity index (χ4v) is 2.27. The van der Waals surface area contributed by atoms with Gasteiger partial charge in [-0.15, -0.1) is 0 Å². The van der Waals surface area contributed by atoms with Crippen molar-refractivity contribution in [3.63, 3.8) is 0 Å². The first kappa shape index (κ1) is 28.2. The largest absolute Gasteiger partial charge is 0.355 e. The average molecular weight is 419 g/mol. The maximum absolute atomic E-state index is 5.44. The second-order valence-corrected chi connectivity index (χ2v) is 5.96. The third kappa shape index (κ3) is 20.3. The van der Waals surface area contributed by atoms with Crippen molar-refractivity contribution in [2.24, 2.45) is 0 Å². The summed E-state index contributed by atoms with van der Waals surface area (Å²) in [7, 11) is 0. The molecule has 0 spiro atoms. The van der Waals surface area contributed by atoms with Crippen molar-refractivity contribution in [3.05, 3.63) is 24.3 Å². The summed E-state index contributed by atoms with van der Waals surface area (Å²) in [6.45, 7) is 12.1. The second-order valence-electron chi connectivity index (χ2n) is 5.96. The van der Waals surface area contributed by atoms with Crippen LogP contribution in [0.15, 0.2) is 24.3 Å². The van der Waals surface area contributed by atoms with Crippen molar-refractivity contribution < 1.29 is 33.2 Å². The van der Waals surface area contributed by atoms with Gasteiger partial charge in [-0.2, -0.15) is 0 Å². The lowest BCUT2D eigenvalue weighted by Gasteiger charge is -2.12. The Kier molecular flexibility index (Phi) is 22.8. The Bertz CT molecular complexity index is 328. The lowest BCUT2D eigenvalue weighted by atomic mass is 10.3. The molecule has 0 saturated carbocycles. The van der Waals surface area contributed by atoms with Crippen LogP contribution in [0, 0.1) is 0 Å². The predicted molar refractivity (Wildman–Crippen MR) is 114 cm³/mol. The molecule has 0 aliphatic carbocycles. The predicted octanol–water partition coefficient (Wildman–Crippen LogP) is 4.42. The maximum Gasteiger partial charge on any atom is 0.176 e. The molecule has 0 bridgehead atoms. The van der Waals surface area contributed by atoms with Gasteiger partial charge >= 0.3 is 0 Å². The number of unbranched alkanes of at least 4 members (excludes halogenated alkanes) is 2. The van der Waals surface area contributed by atoms with E-state index < -0.39 is 0 Å². The number of ether oxygens (including phenoxy) is 7. The molecule has 0 aromatic carbocycles. The highest BCUT2D eigenvalue weighted by atomic mass is 16.7. The third-order valence-electron chi connectivity index (χ3n) is 3.56. The highest BCUT2D eigenvalue weighted by Crippen LogP contribution is 2.01. The quantitative estimate of drug-likeness (QED) is 0.146. The Labute approximate surface area is 177 Å². The molecule has 0 amide bonds. The second kappa shape index (κ2) is 23.5. The molecular formula is C22H42O7. The normalized spacial score (nSPS) is 12.3. The summed E-state index contributed by atoms with van der Waals surface area (Å²) >= 11 is 0. The van der Waals surface area contributed by atoms with E-state index >= 15 is 0 Å². The van der Waals surface area contributed by atoms with Crippen LogP contribution in [0.2, 0.25) is 0 Å². The molecule has 0 unspecified atom stereocenters. The molecule has 7 heteroatoms. The van der Waals surface area contributed by atoms with Gasteiger partial charge in [0.05, 0.1) is 0 Å². The van der Waals surface area contributed by atoms with E-state index in [1.165, 1.54) is 0 Å². The van der Waals surface area contributed by atoms with Gasteiger partial charge in [-0.1, -0.05) is 12.2 Å². The molecule has 172 valence electrons. The molecule has 0 aliphatic heterocycles. The average Bonchev–Trinajstić information content (AvgIpc) is 2.71. The van der Waals surface area contributed by atoms with Crippen molar-refractivity contribution in [2.75, 3.05) is 53.2 Å². The van der Waals surface area contributed by atoms with Gasteiger partial charge in [-0.25, -0.2) is 0 Å². The summed E-state index contributed by atoms with van der Waals surface area (Å²) in [6, 6.07) is 0. The van der Waals surface area contributed by atoms with Gasteiger partial charge < -0.3 is 33.2 Å². The van der Waals surface area contributed by atoms with Gasteiger partial charge in [0.15, 0.2) is 12.6 Å². The fourth-order valence-electron chi connectivity index (χ4n) is 2.27. The molecule has 0 heterocycles. The van der Waals surface area contributed by atoms with Crippen LogP contribution in [0.5, 0.6) is 0 Å². The molecular weight excluding hydrogens is 376 g/mol. The molecule has 0 atom stereocenters. The summed E-state index contributed by atoms with van der Waals surface area (Å²) in [5, 5.41) is 0. The lowest BCUT2D eigenvalue weighted by Crippen LogP contribution is -2.14. The molecule has 0 aliphatic rings. The van der Waals surface area contributed by atoms with Gasteiger partial charge in [0.2, 0.25) is 0 Å². The topological polar surface area (TPSA) is 64.6 Å². The first-order valence-corrected chi connectivity index (χ1v) is 10.8. The highest BCUT2D eigenvalue weighted by Gasteiger charge is 2.02. The zero-order chi connectivity index (χ0) is 21.4. The Morgan fingerprint density at radius 2 is 0.931 bits per heavy atom. The summed E-state index contributed by atoms with van der Waals surface area (Å²) < 4.78 is 37.9. The monoisotopic (exact) mass is 418 g/mol. The van der Waals surface area contributed by atoms with Crippen molar-refractivity contribution in [2.45, 2.75) is 66.0 Å². The van der Waals surface area contributed by atoms with Crippen molar-refractivity contribution in [1.29, 1.82) is 0 Å². The zero-order valence-electron chi connectivity index (χ0n) is 18.8. The van der Waals surface area contributed by atoms with E-state index in [-0.39, 0.29) is 26.2 Å². The molecule has 0 fully saturated rings. The van der Waals surface area contributed by atoms with E-state index in [0.717, 1.165) is 25.7 Å². The Hall–Kier alpha value is -0.800. The lowest BCUT2D eigenvalue weighted by molar-refractivity contribution is -0.131. The molecule has 0 aromatic rings. The van der Waals surface area contributed by atoms with Crippen LogP contribution in [0.25, 0.3) is 0 Å². The Morgan fingerprint density at radius 1 is 0.552 bits per heavy atom. The van der Waals surface area contributed by atoms with Gasteiger partial charge in [0, 0.05) is 39.6 Å². The van der Waals surface area contributed by atoms with Crippen LogP contribution >= 0.6 is 0 Å². The first-order valence-electron chi connectivity index (χ1n) is 10.8. The van der Waals surface area contributed by atoms with Crippen molar-refractivity contribution in [3.8, 4) is 0 Å². The standard InChI is InChI=1S/C22H42O7/c1-5-26-21(27-6-2)15-11-9-13-17-23-19-25-20-24-18-14-10-12-16-22(28-7-3)29-8-4/h11-12,15-16,21-22H,5-10,13-14,17-20H2,1-4H3. The summed E-state index contributed by atoms with van der Waals surface area (Å²) in [4.78, 5) is 0. The van der Waals surface area contributed by atoms with E-state index in [1.807, 2.05) is 39.8 Å². The van der Waals surface area contributed by atoms with Gasteiger partial charge in [0.25, 0.3) is 0 Å². The number of hydrogen-bond acceptors (Lipinski definition) is 7.